The van der Waals surface area contributed by atoms with E-state index in [0.29, 0.717) is 16.9 Å². The summed E-state index contributed by atoms with van der Waals surface area (Å²) in [6.45, 7) is 2.30. The SMILES string of the molecule is CC1CCCC1Nc1c(C(N)=S)cnc2ccccc12. The molecule has 1 aliphatic rings. The van der Waals surface area contributed by atoms with Gasteiger partial charge in [0.2, 0.25) is 0 Å². The summed E-state index contributed by atoms with van der Waals surface area (Å²) in [5.74, 6) is 0.682. The molecule has 1 aliphatic carbocycles. The summed E-state index contributed by atoms with van der Waals surface area (Å²) in [6.07, 6.45) is 5.55. The van der Waals surface area contributed by atoms with Gasteiger partial charge in [0.05, 0.1) is 16.8 Å². The maximum atomic E-state index is 5.87. The topological polar surface area (TPSA) is 50.9 Å². The van der Waals surface area contributed by atoms with E-state index in [1.807, 2.05) is 18.2 Å². The van der Waals surface area contributed by atoms with Crippen LogP contribution in [0.15, 0.2) is 30.5 Å². The third-order valence-corrected chi connectivity index (χ3v) is 4.45. The minimum atomic E-state index is 0.399. The number of benzene rings is 1. The molecule has 4 heteroatoms. The normalized spacial score (nSPS) is 22.1. The number of para-hydroxylation sites is 1. The van der Waals surface area contributed by atoms with Crippen LogP contribution in [0.25, 0.3) is 10.9 Å². The average molecular weight is 285 g/mol. The van der Waals surface area contributed by atoms with Crippen LogP contribution in [0, 0.1) is 5.92 Å². The lowest BCUT2D eigenvalue weighted by molar-refractivity contribution is 0.557. The highest BCUT2D eigenvalue weighted by atomic mass is 32.1. The third-order valence-electron chi connectivity index (χ3n) is 4.23. The molecule has 3 N–H and O–H groups in total. The Kier molecular flexibility index (Phi) is 3.57. The minimum Gasteiger partial charge on any atom is -0.389 e. The number of nitrogens with two attached hydrogens (primary N) is 1. The Balaban J connectivity index is 2.09. The van der Waals surface area contributed by atoms with Crippen molar-refractivity contribution in [1.82, 2.24) is 4.98 Å². The van der Waals surface area contributed by atoms with Gasteiger partial charge in [0.15, 0.2) is 0 Å². The van der Waals surface area contributed by atoms with Crippen LogP contribution < -0.4 is 11.1 Å². The standard InChI is InChI=1S/C16H19N3S/c1-10-5-4-8-13(10)19-15-11-6-2-3-7-14(11)18-9-12(15)16(17)20/h2-3,6-7,9-10,13H,4-5,8H2,1H3,(H2,17,20)(H,18,19). The number of aromatic nitrogens is 1. The third kappa shape index (κ3) is 2.36. The summed E-state index contributed by atoms with van der Waals surface area (Å²) >= 11 is 5.18. The first-order chi connectivity index (χ1) is 9.66. The molecule has 0 spiro atoms. The second-order valence-corrected chi connectivity index (χ2v) is 6.03. The van der Waals surface area contributed by atoms with Gasteiger partial charge in [0.1, 0.15) is 4.99 Å². The summed E-state index contributed by atoms with van der Waals surface area (Å²) in [6, 6.07) is 8.61. The molecule has 1 saturated carbocycles. The number of fused-ring (bicyclic) bond motifs is 1. The second-order valence-electron chi connectivity index (χ2n) is 5.59. The zero-order valence-corrected chi connectivity index (χ0v) is 12.4. The van der Waals surface area contributed by atoms with Crippen molar-refractivity contribution in [3.63, 3.8) is 0 Å². The molecule has 3 rings (SSSR count). The van der Waals surface area contributed by atoms with Gasteiger partial charge in [-0.05, 0) is 24.8 Å². The monoisotopic (exact) mass is 285 g/mol. The number of thiocarbonyl (C=S) groups is 1. The lowest BCUT2D eigenvalue weighted by Gasteiger charge is -2.22. The van der Waals surface area contributed by atoms with Crippen molar-refractivity contribution in [2.75, 3.05) is 5.32 Å². The molecule has 2 aromatic rings. The molecule has 1 heterocycles. The van der Waals surface area contributed by atoms with E-state index < -0.39 is 0 Å². The molecule has 0 aliphatic heterocycles. The number of rotatable bonds is 3. The number of pyridine rings is 1. The van der Waals surface area contributed by atoms with Crippen LogP contribution in [0.1, 0.15) is 31.7 Å². The van der Waals surface area contributed by atoms with E-state index >= 15 is 0 Å². The highest BCUT2D eigenvalue weighted by molar-refractivity contribution is 7.80. The summed E-state index contributed by atoms with van der Waals surface area (Å²) < 4.78 is 0. The van der Waals surface area contributed by atoms with Gasteiger partial charge in [-0.25, -0.2) is 0 Å². The van der Waals surface area contributed by atoms with Crippen molar-refractivity contribution >= 4 is 33.8 Å². The predicted octanol–water partition coefficient (Wildman–Crippen LogP) is 3.47. The van der Waals surface area contributed by atoms with Gasteiger partial charge in [-0.15, -0.1) is 0 Å². The van der Waals surface area contributed by atoms with Gasteiger partial charge in [-0.3, -0.25) is 4.98 Å². The molecule has 3 nitrogen and oxygen atoms in total. The number of hydrogen-bond donors (Lipinski definition) is 2. The van der Waals surface area contributed by atoms with E-state index in [2.05, 4.69) is 23.3 Å². The molecule has 2 atom stereocenters. The number of hydrogen-bond acceptors (Lipinski definition) is 3. The molecule has 0 saturated heterocycles. The minimum absolute atomic E-state index is 0.399. The van der Waals surface area contributed by atoms with Crippen LogP contribution in [-0.4, -0.2) is 16.0 Å². The Morgan fingerprint density at radius 2 is 2.15 bits per heavy atom. The van der Waals surface area contributed by atoms with Crippen molar-refractivity contribution in [1.29, 1.82) is 0 Å². The summed E-state index contributed by atoms with van der Waals surface area (Å²) in [5, 5.41) is 4.77. The van der Waals surface area contributed by atoms with Crippen LogP contribution in [0.4, 0.5) is 5.69 Å². The van der Waals surface area contributed by atoms with Crippen LogP contribution >= 0.6 is 12.2 Å². The number of anilines is 1. The van der Waals surface area contributed by atoms with Gasteiger partial charge in [-0.1, -0.05) is 43.8 Å². The van der Waals surface area contributed by atoms with Crippen molar-refractivity contribution in [3.8, 4) is 0 Å². The molecule has 0 amide bonds. The number of nitrogens with zero attached hydrogens (tertiary/aromatic N) is 1. The number of nitrogens with one attached hydrogen (secondary N) is 1. The molecule has 0 radical (unpaired) electrons. The smallest absolute Gasteiger partial charge is 0.107 e. The zero-order chi connectivity index (χ0) is 14.1. The molecule has 1 fully saturated rings. The van der Waals surface area contributed by atoms with Gasteiger partial charge in [-0.2, -0.15) is 0 Å². The fourth-order valence-electron chi connectivity index (χ4n) is 3.03. The lowest BCUT2D eigenvalue weighted by atomic mass is 10.0. The largest absolute Gasteiger partial charge is 0.389 e. The summed E-state index contributed by atoms with van der Waals surface area (Å²) in [5.41, 5.74) is 8.73. The van der Waals surface area contributed by atoms with E-state index in [4.69, 9.17) is 18.0 Å². The average Bonchev–Trinajstić information content (AvgIpc) is 2.84. The maximum absolute atomic E-state index is 5.87. The molecule has 20 heavy (non-hydrogen) atoms. The Labute approximate surface area is 124 Å². The van der Waals surface area contributed by atoms with Crippen molar-refractivity contribution in [3.05, 3.63) is 36.0 Å². The first-order valence-corrected chi connectivity index (χ1v) is 7.51. The van der Waals surface area contributed by atoms with Gasteiger partial charge in [0.25, 0.3) is 0 Å². The zero-order valence-electron chi connectivity index (χ0n) is 11.6. The van der Waals surface area contributed by atoms with E-state index in [1.165, 1.54) is 19.3 Å². The van der Waals surface area contributed by atoms with Crippen LogP contribution in [0.5, 0.6) is 0 Å². The fraction of sp³-hybridized carbons (Fsp3) is 0.375. The second kappa shape index (κ2) is 5.37. The van der Waals surface area contributed by atoms with Crippen molar-refractivity contribution in [2.24, 2.45) is 11.7 Å². The van der Waals surface area contributed by atoms with E-state index in [9.17, 15) is 0 Å². The van der Waals surface area contributed by atoms with E-state index in [0.717, 1.165) is 22.2 Å². The molecule has 2 unspecified atom stereocenters. The van der Waals surface area contributed by atoms with Crippen LogP contribution in [0.3, 0.4) is 0 Å². The van der Waals surface area contributed by atoms with E-state index in [-0.39, 0.29) is 0 Å². The molecule has 0 bridgehead atoms. The quantitative estimate of drug-likeness (QED) is 0.848. The summed E-state index contributed by atoms with van der Waals surface area (Å²) in [4.78, 5) is 4.85. The van der Waals surface area contributed by atoms with Gasteiger partial charge >= 0.3 is 0 Å². The first-order valence-electron chi connectivity index (χ1n) is 7.11. The molecule has 1 aromatic carbocycles. The van der Waals surface area contributed by atoms with Gasteiger partial charge in [0, 0.05) is 17.6 Å². The molecular weight excluding hydrogens is 266 g/mol. The van der Waals surface area contributed by atoms with Crippen molar-refractivity contribution < 1.29 is 0 Å². The molecule has 1 aromatic heterocycles. The van der Waals surface area contributed by atoms with Crippen LogP contribution in [-0.2, 0) is 0 Å². The Morgan fingerprint density at radius 3 is 2.85 bits per heavy atom. The molecular formula is C16H19N3S. The lowest BCUT2D eigenvalue weighted by Crippen LogP contribution is -2.24. The van der Waals surface area contributed by atoms with Crippen molar-refractivity contribution in [2.45, 2.75) is 32.2 Å². The highest BCUT2D eigenvalue weighted by Gasteiger charge is 2.24. The Bertz CT molecular complexity index is 653. The highest BCUT2D eigenvalue weighted by Crippen LogP contribution is 2.32. The summed E-state index contributed by atoms with van der Waals surface area (Å²) in [7, 11) is 0. The van der Waals surface area contributed by atoms with Gasteiger partial charge < -0.3 is 11.1 Å². The van der Waals surface area contributed by atoms with E-state index in [1.54, 1.807) is 6.20 Å². The predicted molar refractivity (Wildman–Crippen MR) is 88.1 cm³/mol. The molecule has 104 valence electrons. The Morgan fingerprint density at radius 1 is 1.35 bits per heavy atom. The van der Waals surface area contributed by atoms with Crippen LogP contribution in [0.2, 0.25) is 0 Å². The first kappa shape index (κ1) is 13.3. The maximum Gasteiger partial charge on any atom is 0.107 e. The Hall–Kier alpha value is -1.68. The fourth-order valence-corrected chi connectivity index (χ4v) is 3.18.